The average Bonchev–Trinajstić information content (AvgIpc) is 2.52. The number of benzene rings is 2. The van der Waals surface area contributed by atoms with Gasteiger partial charge in [0, 0.05) is 11.1 Å². The summed E-state index contributed by atoms with van der Waals surface area (Å²) in [5.41, 5.74) is 5.05. The summed E-state index contributed by atoms with van der Waals surface area (Å²) >= 11 is 0. The van der Waals surface area contributed by atoms with Crippen LogP contribution in [-0.4, -0.2) is 5.11 Å². The number of aryl methyl sites for hydroxylation is 1. The van der Waals surface area contributed by atoms with Crippen LogP contribution in [0.4, 0.5) is 0 Å². The smallest absolute Gasteiger partial charge is 0.123 e. The van der Waals surface area contributed by atoms with E-state index < -0.39 is 0 Å². The number of phenols is 1. The number of hydrogen-bond acceptors (Lipinski definition) is 2. The van der Waals surface area contributed by atoms with Crippen molar-refractivity contribution < 1.29 is 5.11 Å². The van der Waals surface area contributed by atoms with E-state index >= 15 is 0 Å². The van der Waals surface area contributed by atoms with Crippen LogP contribution in [0.15, 0.2) is 36.4 Å². The van der Waals surface area contributed by atoms with Crippen molar-refractivity contribution in [3.63, 3.8) is 0 Å². The molecule has 0 saturated carbocycles. The lowest BCUT2D eigenvalue weighted by Crippen LogP contribution is -2.17. The number of aromatic hydroxyl groups is 1. The van der Waals surface area contributed by atoms with Crippen LogP contribution in [-0.2, 0) is 10.8 Å². The van der Waals surface area contributed by atoms with Gasteiger partial charge in [-0.25, -0.2) is 0 Å². The number of phenolic OH excluding ortho intramolecular Hbond substituents is 1. The van der Waals surface area contributed by atoms with Crippen molar-refractivity contribution in [1.82, 2.24) is 0 Å². The Hall–Kier alpha value is -2.53. The monoisotopic (exact) mass is 347 g/mol. The third-order valence-electron chi connectivity index (χ3n) is 4.54. The molecule has 0 aliphatic heterocycles. The maximum absolute atomic E-state index is 10.8. The molecule has 136 valence electrons. The van der Waals surface area contributed by atoms with E-state index in [4.69, 9.17) is 0 Å². The molecule has 2 aromatic rings. The van der Waals surface area contributed by atoms with E-state index in [9.17, 15) is 10.4 Å². The molecule has 0 aliphatic carbocycles. The first-order valence-electron chi connectivity index (χ1n) is 9.00. The molecular weight excluding hydrogens is 318 g/mol. The SMILES string of the molecule is Cc1ccc(/C(C#N)=C\c2cc(C(C)(C)C)c(O)c(C(C)(C)C)c2)cc1. The van der Waals surface area contributed by atoms with E-state index in [2.05, 4.69) is 47.6 Å². The molecule has 2 nitrogen and oxygen atoms in total. The molecule has 0 heterocycles. The Morgan fingerprint density at radius 3 is 1.77 bits per heavy atom. The van der Waals surface area contributed by atoms with Crippen LogP contribution in [0.25, 0.3) is 11.6 Å². The highest BCUT2D eigenvalue weighted by molar-refractivity contribution is 5.90. The highest BCUT2D eigenvalue weighted by atomic mass is 16.3. The standard InChI is InChI=1S/C24H29NO/c1-16-8-10-18(11-9-16)19(15-25)12-17-13-20(23(2,3)4)22(26)21(14-17)24(5,6)7/h8-14,26H,1-7H3/b19-12-. The van der Waals surface area contributed by atoms with Gasteiger partial charge in [0.2, 0.25) is 0 Å². The highest BCUT2D eigenvalue weighted by Crippen LogP contribution is 2.40. The van der Waals surface area contributed by atoms with Gasteiger partial charge in [0.15, 0.2) is 0 Å². The number of nitriles is 1. The van der Waals surface area contributed by atoms with Gasteiger partial charge in [-0.05, 0) is 47.1 Å². The van der Waals surface area contributed by atoms with E-state index in [1.165, 1.54) is 5.56 Å². The molecule has 26 heavy (non-hydrogen) atoms. The third-order valence-corrected chi connectivity index (χ3v) is 4.54. The Labute approximate surface area is 157 Å². The topological polar surface area (TPSA) is 44.0 Å². The van der Waals surface area contributed by atoms with E-state index in [0.717, 1.165) is 22.3 Å². The van der Waals surface area contributed by atoms with Crippen molar-refractivity contribution in [3.05, 3.63) is 64.2 Å². The van der Waals surface area contributed by atoms with Crippen molar-refractivity contribution in [2.24, 2.45) is 0 Å². The zero-order valence-electron chi connectivity index (χ0n) is 16.9. The zero-order valence-corrected chi connectivity index (χ0v) is 16.9. The molecule has 0 aliphatic rings. The van der Waals surface area contributed by atoms with E-state index in [1.54, 1.807) is 0 Å². The van der Waals surface area contributed by atoms with Crippen LogP contribution in [0.3, 0.4) is 0 Å². The maximum atomic E-state index is 10.8. The molecule has 0 amide bonds. The van der Waals surface area contributed by atoms with Crippen molar-refractivity contribution in [2.75, 3.05) is 0 Å². The Morgan fingerprint density at radius 1 is 0.923 bits per heavy atom. The Balaban J connectivity index is 2.68. The summed E-state index contributed by atoms with van der Waals surface area (Å²) in [7, 11) is 0. The van der Waals surface area contributed by atoms with Gasteiger partial charge in [-0.1, -0.05) is 71.4 Å². The molecule has 0 bridgehead atoms. The van der Waals surface area contributed by atoms with E-state index in [0.29, 0.717) is 11.3 Å². The van der Waals surface area contributed by atoms with Gasteiger partial charge in [0.1, 0.15) is 5.75 Å². The molecule has 0 radical (unpaired) electrons. The van der Waals surface area contributed by atoms with Gasteiger partial charge in [0.05, 0.1) is 11.6 Å². The number of allylic oxidation sites excluding steroid dienone is 1. The summed E-state index contributed by atoms with van der Waals surface area (Å²) in [6, 6.07) is 14.3. The molecule has 2 heteroatoms. The molecule has 1 N–H and O–H groups in total. The van der Waals surface area contributed by atoms with E-state index in [-0.39, 0.29) is 10.8 Å². The normalized spacial score (nSPS) is 12.8. The zero-order chi connectivity index (χ0) is 19.7. The lowest BCUT2D eigenvalue weighted by atomic mass is 9.78. The Morgan fingerprint density at radius 2 is 1.38 bits per heavy atom. The number of nitrogens with zero attached hydrogens (tertiary/aromatic N) is 1. The van der Waals surface area contributed by atoms with Crippen LogP contribution in [0.2, 0.25) is 0 Å². The minimum absolute atomic E-state index is 0.190. The van der Waals surface area contributed by atoms with Gasteiger partial charge in [-0.2, -0.15) is 5.26 Å². The van der Waals surface area contributed by atoms with Crippen LogP contribution < -0.4 is 0 Å². The molecule has 0 saturated heterocycles. The third kappa shape index (κ3) is 4.35. The molecule has 0 spiro atoms. The first-order chi connectivity index (χ1) is 11.9. The molecule has 2 aromatic carbocycles. The molecule has 0 atom stereocenters. The van der Waals surface area contributed by atoms with Gasteiger partial charge in [0.25, 0.3) is 0 Å². The molecular formula is C24H29NO. The quantitative estimate of drug-likeness (QED) is 0.507. The fourth-order valence-corrected chi connectivity index (χ4v) is 2.96. The highest BCUT2D eigenvalue weighted by Gasteiger charge is 2.26. The summed E-state index contributed by atoms with van der Waals surface area (Å²) in [5.74, 6) is 0.357. The lowest BCUT2D eigenvalue weighted by molar-refractivity contribution is 0.423. The van der Waals surface area contributed by atoms with Crippen molar-refractivity contribution in [2.45, 2.75) is 59.3 Å². The summed E-state index contributed by atoms with van der Waals surface area (Å²) in [6.07, 6.45) is 1.91. The summed E-state index contributed by atoms with van der Waals surface area (Å²) < 4.78 is 0. The van der Waals surface area contributed by atoms with Gasteiger partial charge in [-0.15, -0.1) is 0 Å². The predicted octanol–water partition coefficient (Wildman–Crippen LogP) is 6.36. The minimum Gasteiger partial charge on any atom is -0.507 e. The summed E-state index contributed by atoms with van der Waals surface area (Å²) in [4.78, 5) is 0. The average molecular weight is 348 g/mol. The van der Waals surface area contributed by atoms with Gasteiger partial charge in [-0.3, -0.25) is 0 Å². The number of hydrogen-bond donors (Lipinski definition) is 1. The largest absolute Gasteiger partial charge is 0.507 e. The van der Waals surface area contributed by atoms with Crippen molar-refractivity contribution >= 4 is 11.6 Å². The second-order valence-electron chi connectivity index (χ2n) is 9.00. The second-order valence-corrected chi connectivity index (χ2v) is 9.00. The maximum Gasteiger partial charge on any atom is 0.123 e. The Kier molecular flexibility index (Phi) is 5.33. The fraction of sp³-hybridized carbons (Fsp3) is 0.375. The van der Waals surface area contributed by atoms with E-state index in [1.807, 2.05) is 49.4 Å². The van der Waals surface area contributed by atoms with Crippen molar-refractivity contribution in [1.29, 1.82) is 5.26 Å². The first-order valence-corrected chi connectivity index (χ1v) is 9.00. The molecule has 2 rings (SSSR count). The predicted molar refractivity (Wildman–Crippen MR) is 110 cm³/mol. The minimum atomic E-state index is -0.190. The molecule has 0 fully saturated rings. The fourth-order valence-electron chi connectivity index (χ4n) is 2.96. The summed E-state index contributed by atoms with van der Waals surface area (Å²) in [6.45, 7) is 14.6. The van der Waals surface area contributed by atoms with Crippen LogP contribution in [0, 0.1) is 18.3 Å². The van der Waals surface area contributed by atoms with Crippen LogP contribution >= 0.6 is 0 Å². The number of rotatable bonds is 2. The van der Waals surface area contributed by atoms with Crippen LogP contribution in [0.5, 0.6) is 5.75 Å². The van der Waals surface area contributed by atoms with Gasteiger partial charge < -0.3 is 5.11 Å². The lowest BCUT2D eigenvalue weighted by Gasteiger charge is -2.28. The van der Waals surface area contributed by atoms with Crippen molar-refractivity contribution in [3.8, 4) is 11.8 Å². The second kappa shape index (κ2) is 7.00. The molecule has 0 aromatic heterocycles. The molecule has 0 unspecified atom stereocenters. The van der Waals surface area contributed by atoms with Gasteiger partial charge >= 0.3 is 0 Å². The first kappa shape index (κ1) is 19.8. The Bertz CT molecular complexity index is 831. The summed E-state index contributed by atoms with van der Waals surface area (Å²) in [5, 5.41) is 20.5. The van der Waals surface area contributed by atoms with Crippen LogP contribution in [0.1, 0.15) is 69.4 Å².